The van der Waals surface area contributed by atoms with Gasteiger partial charge in [0.1, 0.15) is 0 Å². The number of nitrogens with zero attached hydrogens (tertiary/aromatic N) is 2. The van der Waals surface area contributed by atoms with Crippen LogP contribution in [0.3, 0.4) is 0 Å². The van der Waals surface area contributed by atoms with Crippen molar-refractivity contribution >= 4 is 23.4 Å². The zero-order valence-electron chi connectivity index (χ0n) is 16.1. The molecule has 1 aliphatic heterocycles. The summed E-state index contributed by atoms with van der Waals surface area (Å²) in [5.74, 6) is -0.582. The molecule has 2 aromatic rings. The van der Waals surface area contributed by atoms with Gasteiger partial charge in [-0.15, -0.1) is 0 Å². The zero-order chi connectivity index (χ0) is 21.0. The molecule has 0 radical (unpaired) electrons. The van der Waals surface area contributed by atoms with Crippen molar-refractivity contribution in [2.75, 3.05) is 13.2 Å². The average molecular weight is 395 g/mol. The Bertz CT molecular complexity index is 971. The quantitative estimate of drug-likeness (QED) is 0.457. The molecule has 2 amide bonds. The lowest BCUT2D eigenvalue weighted by molar-refractivity contribution is -0.384. The highest BCUT2D eigenvalue weighted by atomic mass is 16.6. The number of carbonyl (C=O) groups excluding carboxylic acids is 2. The third-order valence-electron chi connectivity index (χ3n) is 4.60. The number of nitrogens with one attached hydrogen (secondary N) is 1. The topological polar surface area (TPSA) is 102 Å². The molecule has 3 rings (SSSR count). The molecule has 1 N–H and O–H groups in total. The van der Waals surface area contributed by atoms with Crippen molar-refractivity contribution in [1.82, 2.24) is 10.2 Å². The first kappa shape index (κ1) is 20.1. The highest BCUT2D eigenvalue weighted by molar-refractivity contribution is 6.04. The lowest BCUT2D eigenvalue weighted by atomic mass is 9.91. The van der Waals surface area contributed by atoms with E-state index in [1.807, 2.05) is 18.2 Å². The van der Waals surface area contributed by atoms with Crippen LogP contribution < -0.4 is 5.32 Å². The predicted molar refractivity (Wildman–Crippen MR) is 107 cm³/mol. The Hall–Kier alpha value is -3.68. The van der Waals surface area contributed by atoms with Crippen molar-refractivity contribution in [2.24, 2.45) is 0 Å². The van der Waals surface area contributed by atoms with E-state index >= 15 is 0 Å². The fraction of sp³-hybridized carbons (Fsp3) is 0.238. The van der Waals surface area contributed by atoms with Crippen molar-refractivity contribution < 1.29 is 19.2 Å². The van der Waals surface area contributed by atoms with Gasteiger partial charge in [0.25, 0.3) is 5.69 Å². The van der Waals surface area contributed by atoms with Gasteiger partial charge in [0.15, 0.2) is 0 Å². The van der Waals surface area contributed by atoms with Crippen LogP contribution in [0.25, 0.3) is 5.70 Å². The number of nitro groups is 1. The highest BCUT2D eigenvalue weighted by Crippen LogP contribution is 2.37. The molecular formula is C21H21N3O5. The first-order chi connectivity index (χ1) is 14.0. The number of rotatable bonds is 6. The lowest BCUT2D eigenvalue weighted by Gasteiger charge is -2.36. The van der Waals surface area contributed by atoms with Crippen LogP contribution in [0.15, 0.2) is 60.2 Å². The van der Waals surface area contributed by atoms with Crippen molar-refractivity contribution in [1.29, 1.82) is 0 Å². The summed E-state index contributed by atoms with van der Waals surface area (Å²) >= 11 is 0. The van der Waals surface area contributed by atoms with Crippen LogP contribution in [0, 0.1) is 10.1 Å². The number of esters is 1. The molecule has 1 aliphatic rings. The van der Waals surface area contributed by atoms with Gasteiger partial charge in [0.2, 0.25) is 0 Å². The van der Waals surface area contributed by atoms with Crippen LogP contribution in [0.2, 0.25) is 0 Å². The lowest BCUT2D eigenvalue weighted by Crippen LogP contribution is -2.47. The van der Waals surface area contributed by atoms with Crippen LogP contribution in [0.1, 0.15) is 31.0 Å². The van der Waals surface area contributed by atoms with Crippen molar-refractivity contribution in [2.45, 2.75) is 19.9 Å². The number of urea groups is 1. The molecule has 1 unspecified atom stereocenters. The molecule has 0 aromatic heterocycles. The Kier molecular flexibility index (Phi) is 5.92. The molecule has 1 heterocycles. The van der Waals surface area contributed by atoms with E-state index < -0.39 is 23.0 Å². The summed E-state index contributed by atoms with van der Waals surface area (Å²) in [6.07, 6.45) is 0. The molecule has 2 aromatic carbocycles. The van der Waals surface area contributed by atoms with Gasteiger partial charge in [-0.25, -0.2) is 9.59 Å². The van der Waals surface area contributed by atoms with Crippen LogP contribution in [0.4, 0.5) is 10.5 Å². The van der Waals surface area contributed by atoms with Crippen molar-refractivity contribution in [3.05, 3.63) is 81.4 Å². The Morgan fingerprint density at radius 2 is 1.90 bits per heavy atom. The largest absolute Gasteiger partial charge is 0.463 e. The number of amides is 2. The van der Waals surface area contributed by atoms with Gasteiger partial charge in [-0.05, 0) is 25.0 Å². The van der Waals surface area contributed by atoms with E-state index in [4.69, 9.17) is 4.74 Å². The van der Waals surface area contributed by atoms with Gasteiger partial charge >= 0.3 is 12.0 Å². The summed E-state index contributed by atoms with van der Waals surface area (Å²) in [7, 11) is 0. The summed E-state index contributed by atoms with van der Waals surface area (Å²) in [4.78, 5) is 38.0. The summed E-state index contributed by atoms with van der Waals surface area (Å²) in [5, 5.41) is 14.0. The van der Waals surface area contributed by atoms with E-state index in [1.54, 1.807) is 32.0 Å². The second-order valence-corrected chi connectivity index (χ2v) is 6.33. The SMILES string of the molecule is CCOC(=O)C1=C(c2ccccc2)N(CC)C(=O)NC1c1cccc([N+](=O)[O-])c1. The minimum atomic E-state index is -0.876. The number of carbonyl (C=O) groups is 2. The molecule has 0 fully saturated rings. The summed E-state index contributed by atoms with van der Waals surface area (Å²) < 4.78 is 5.28. The van der Waals surface area contributed by atoms with Gasteiger partial charge in [-0.1, -0.05) is 42.5 Å². The van der Waals surface area contributed by atoms with Gasteiger partial charge in [-0.3, -0.25) is 15.0 Å². The molecule has 0 aliphatic carbocycles. The van der Waals surface area contributed by atoms with E-state index in [2.05, 4.69) is 5.32 Å². The van der Waals surface area contributed by atoms with Gasteiger partial charge in [0, 0.05) is 18.7 Å². The monoisotopic (exact) mass is 395 g/mol. The molecule has 0 saturated heterocycles. The van der Waals surface area contributed by atoms with Gasteiger partial charge < -0.3 is 10.1 Å². The Labute approximate surface area is 167 Å². The fourth-order valence-corrected chi connectivity index (χ4v) is 3.36. The van der Waals surface area contributed by atoms with E-state index in [0.717, 1.165) is 0 Å². The maximum atomic E-state index is 13.0. The number of hydrogen-bond acceptors (Lipinski definition) is 5. The minimum Gasteiger partial charge on any atom is -0.463 e. The maximum Gasteiger partial charge on any atom is 0.338 e. The number of hydrogen-bond donors (Lipinski definition) is 1. The molecule has 0 bridgehead atoms. The number of benzene rings is 2. The van der Waals surface area contributed by atoms with E-state index in [9.17, 15) is 19.7 Å². The van der Waals surface area contributed by atoms with Gasteiger partial charge in [-0.2, -0.15) is 0 Å². The summed E-state index contributed by atoms with van der Waals surface area (Å²) in [5.41, 5.74) is 1.66. The maximum absolute atomic E-state index is 13.0. The third kappa shape index (κ3) is 3.96. The zero-order valence-corrected chi connectivity index (χ0v) is 16.1. The first-order valence-corrected chi connectivity index (χ1v) is 9.27. The number of nitro benzene ring substituents is 1. The molecule has 150 valence electrons. The van der Waals surface area contributed by atoms with Crippen LogP contribution >= 0.6 is 0 Å². The summed E-state index contributed by atoms with van der Waals surface area (Å²) in [6.45, 7) is 3.99. The molecule has 1 atom stereocenters. The van der Waals surface area contributed by atoms with E-state index in [-0.39, 0.29) is 17.9 Å². The molecular weight excluding hydrogens is 374 g/mol. The van der Waals surface area contributed by atoms with E-state index in [0.29, 0.717) is 23.4 Å². The Balaban J connectivity index is 2.26. The predicted octanol–water partition coefficient (Wildman–Crippen LogP) is 3.66. The Morgan fingerprint density at radius 1 is 1.17 bits per heavy atom. The van der Waals surface area contributed by atoms with Crippen molar-refractivity contribution in [3.63, 3.8) is 0 Å². The third-order valence-corrected chi connectivity index (χ3v) is 4.60. The second-order valence-electron chi connectivity index (χ2n) is 6.33. The minimum absolute atomic E-state index is 0.126. The average Bonchev–Trinajstić information content (AvgIpc) is 2.73. The van der Waals surface area contributed by atoms with Gasteiger partial charge in [0.05, 0.1) is 28.8 Å². The van der Waals surface area contributed by atoms with Crippen LogP contribution in [-0.4, -0.2) is 35.0 Å². The van der Waals surface area contributed by atoms with Crippen LogP contribution in [0.5, 0.6) is 0 Å². The highest BCUT2D eigenvalue weighted by Gasteiger charge is 2.38. The van der Waals surface area contributed by atoms with Crippen LogP contribution in [-0.2, 0) is 9.53 Å². The molecule has 8 nitrogen and oxygen atoms in total. The fourth-order valence-electron chi connectivity index (χ4n) is 3.36. The Morgan fingerprint density at radius 3 is 2.52 bits per heavy atom. The standard InChI is InChI=1S/C21H21N3O5/c1-3-23-19(14-9-6-5-7-10-14)17(20(25)29-4-2)18(22-21(23)26)15-11-8-12-16(13-15)24(27)28/h5-13,18H,3-4H2,1-2H3,(H,22,26). The molecule has 29 heavy (non-hydrogen) atoms. The second kappa shape index (κ2) is 8.55. The molecule has 0 saturated carbocycles. The number of non-ortho nitro benzene ring substituents is 1. The normalized spacial score (nSPS) is 16.4. The van der Waals surface area contributed by atoms with E-state index in [1.165, 1.54) is 23.1 Å². The smallest absolute Gasteiger partial charge is 0.338 e. The molecule has 0 spiro atoms. The van der Waals surface area contributed by atoms with Crippen molar-refractivity contribution in [3.8, 4) is 0 Å². The first-order valence-electron chi connectivity index (χ1n) is 9.27. The number of ether oxygens (including phenoxy) is 1. The molecule has 8 heteroatoms. The summed E-state index contributed by atoms with van der Waals surface area (Å²) in [6, 6.07) is 13.7.